The molecule has 0 spiro atoms. The van der Waals surface area contributed by atoms with Gasteiger partial charge in [0.25, 0.3) is 0 Å². The van der Waals surface area contributed by atoms with Gasteiger partial charge in [-0.05, 0) is 32.0 Å². The maximum atomic E-state index is 12.4. The first kappa shape index (κ1) is 17.4. The monoisotopic (exact) mass is 380 g/mol. The summed E-state index contributed by atoms with van der Waals surface area (Å²) in [6.45, 7) is 3.31. The minimum Gasteiger partial charge on any atom is -0.504 e. The molecule has 0 aliphatic carbocycles. The Kier molecular flexibility index (Phi) is 4.50. The second kappa shape index (κ2) is 6.47. The van der Waals surface area contributed by atoms with Gasteiger partial charge >= 0.3 is 0 Å². The van der Waals surface area contributed by atoms with Crippen molar-refractivity contribution in [3.05, 3.63) is 40.0 Å². The summed E-state index contributed by atoms with van der Waals surface area (Å²) in [6.07, 6.45) is 0. The number of nitrogens with zero attached hydrogens (tertiary/aromatic N) is 2. The van der Waals surface area contributed by atoms with Gasteiger partial charge in [0.15, 0.2) is 11.5 Å². The van der Waals surface area contributed by atoms with E-state index in [4.69, 9.17) is 0 Å². The van der Waals surface area contributed by atoms with Crippen LogP contribution in [0, 0.1) is 13.8 Å². The van der Waals surface area contributed by atoms with E-state index in [0.717, 1.165) is 0 Å². The number of phenols is 2. The van der Waals surface area contributed by atoms with Crippen molar-refractivity contribution in [3.8, 4) is 22.8 Å². The van der Waals surface area contributed by atoms with Gasteiger partial charge in [-0.3, -0.25) is 5.10 Å². The van der Waals surface area contributed by atoms with Crippen LogP contribution in [-0.4, -0.2) is 33.8 Å². The van der Waals surface area contributed by atoms with Gasteiger partial charge < -0.3 is 10.2 Å². The lowest BCUT2D eigenvalue weighted by atomic mass is 10.1. The SMILES string of the molecule is Cc1n[nH]c(C)c1S(=O)(=O)NCc1nc(-c2ccc(O)c(O)c2)cs1. The van der Waals surface area contributed by atoms with Gasteiger partial charge in [0.1, 0.15) is 9.90 Å². The molecular weight excluding hydrogens is 364 g/mol. The van der Waals surface area contributed by atoms with E-state index in [9.17, 15) is 18.6 Å². The highest BCUT2D eigenvalue weighted by molar-refractivity contribution is 7.89. The van der Waals surface area contributed by atoms with E-state index >= 15 is 0 Å². The van der Waals surface area contributed by atoms with Crippen molar-refractivity contribution in [1.82, 2.24) is 19.9 Å². The number of aromatic hydroxyl groups is 2. The number of sulfonamides is 1. The van der Waals surface area contributed by atoms with Crippen molar-refractivity contribution < 1.29 is 18.6 Å². The Bertz CT molecular complexity index is 1000. The molecule has 0 saturated carbocycles. The van der Waals surface area contributed by atoms with Crippen molar-refractivity contribution in [3.63, 3.8) is 0 Å². The van der Waals surface area contributed by atoms with E-state index in [2.05, 4.69) is 19.9 Å². The van der Waals surface area contributed by atoms with E-state index in [1.54, 1.807) is 25.3 Å². The van der Waals surface area contributed by atoms with Gasteiger partial charge in [-0.2, -0.15) is 5.10 Å². The van der Waals surface area contributed by atoms with E-state index in [0.29, 0.717) is 27.7 Å². The molecule has 0 atom stereocenters. The van der Waals surface area contributed by atoms with Gasteiger partial charge in [-0.25, -0.2) is 18.1 Å². The summed E-state index contributed by atoms with van der Waals surface area (Å²) in [7, 11) is -3.69. The minimum absolute atomic E-state index is 0.0428. The number of rotatable bonds is 5. The maximum Gasteiger partial charge on any atom is 0.244 e. The number of aromatic amines is 1. The number of nitrogens with one attached hydrogen (secondary N) is 2. The molecule has 132 valence electrons. The third-order valence-corrected chi connectivity index (χ3v) is 6.08. The molecule has 2 heterocycles. The molecule has 0 bridgehead atoms. The Labute approximate surface area is 148 Å². The minimum atomic E-state index is -3.69. The molecule has 10 heteroatoms. The van der Waals surface area contributed by atoms with Crippen molar-refractivity contribution in [2.75, 3.05) is 0 Å². The van der Waals surface area contributed by atoms with Crippen LogP contribution in [0.5, 0.6) is 11.5 Å². The molecule has 0 aliphatic rings. The second-order valence-corrected chi connectivity index (χ2v) is 8.06. The van der Waals surface area contributed by atoms with Crippen LogP contribution in [0.25, 0.3) is 11.3 Å². The van der Waals surface area contributed by atoms with Gasteiger partial charge in [-0.1, -0.05) is 0 Å². The van der Waals surface area contributed by atoms with Crippen LogP contribution in [0.15, 0.2) is 28.5 Å². The lowest BCUT2D eigenvalue weighted by Gasteiger charge is -2.05. The van der Waals surface area contributed by atoms with Gasteiger partial charge in [0.05, 0.1) is 23.6 Å². The molecule has 0 saturated heterocycles. The number of hydrogen-bond acceptors (Lipinski definition) is 7. The van der Waals surface area contributed by atoms with Gasteiger partial charge in [-0.15, -0.1) is 11.3 Å². The van der Waals surface area contributed by atoms with Gasteiger partial charge in [0, 0.05) is 10.9 Å². The molecule has 3 aromatic rings. The highest BCUT2D eigenvalue weighted by Crippen LogP contribution is 2.31. The molecule has 3 rings (SSSR count). The number of hydrogen-bond donors (Lipinski definition) is 4. The average Bonchev–Trinajstić information content (AvgIpc) is 3.15. The highest BCUT2D eigenvalue weighted by Gasteiger charge is 2.22. The summed E-state index contributed by atoms with van der Waals surface area (Å²) in [5.41, 5.74) is 2.10. The fraction of sp³-hybridized carbons (Fsp3) is 0.200. The number of benzene rings is 1. The number of aryl methyl sites for hydroxylation is 2. The zero-order chi connectivity index (χ0) is 18.2. The highest BCUT2D eigenvalue weighted by atomic mass is 32.2. The largest absolute Gasteiger partial charge is 0.504 e. The molecule has 8 nitrogen and oxygen atoms in total. The Morgan fingerprint density at radius 1 is 1.24 bits per heavy atom. The fourth-order valence-electron chi connectivity index (χ4n) is 2.37. The van der Waals surface area contributed by atoms with Crippen LogP contribution < -0.4 is 4.72 Å². The molecule has 2 aromatic heterocycles. The van der Waals surface area contributed by atoms with E-state index < -0.39 is 10.0 Å². The zero-order valence-corrected chi connectivity index (χ0v) is 15.1. The van der Waals surface area contributed by atoms with E-state index in [-0.39, 0.29) is 22.9 Å². The first-order valence-corrected chi connectivity index (χ1v) is 9.62. The van der Waals surface area contributed by atoms with Crippen LogP contribution in [0.3, 0.4) is 0 Å². The molecule has 0 amide bonds. The molecule has 0 unspecified atom stereocenters. The van der Waals surface area contributed by atoms with Crippen LogP contribution >= 0.6 is 11.3 Å². The average molecular weight is 380 g/mol. The summed E-state index contributed by atoms with van der Waals surface area (Å²) in [4.78, 5) is 4.50. The molecule has 1 aromatic carbocycles. The van der Waals surface area contributed by atoms with Crippen molar-refractivity contribution >= 4 is 21.4 Å². The summed E-state index contributed by atoms with van der Waals surface area (Å²) in [6, 6.07) is 4.39. The lowest BCUT2D eigenvalue weighted by Crippen LogP contribution is -2.24. The fourth-order valence-corrected chi connectivity index (χ4v) is 4.56. The Hall–Kier alpha value is -2.43. The molecule has 0 radical (unpaired) electrons. The molecule has 4 N–H and O–H groups in total. The van der Waals surface area contributed by atoms with E-state index in [1.165, 1.54) is 23.5 Å². The summed E-state index contributed by atoms with van der Waals surface area (Å²) in [5.74, 6) is -0.448. The van der Waals surface area contributed by atoms with Crippen molar-refractivity contribution in [2.24, 2.45) is 0 Å². The smallest absolute Gasteiger partial charge is 0.244 e. The van der Waals surface area contributed by atoms with E-state index in [1.807, 2.05) is 0 Å². The topological polar surface area (TPSA) is 128 Å². The molecule has 0 fully saturated rings. The van der Waals surface area contributed by atoms with Crippen molar-refractivity contribution in [2.45, 2.75) is 25.3 Å². The predicted molar refractivity (Wildman–Crippen MR) is 93.0 cm³/mol. The standard InChI is InChI=1S/C15H16N4O4S2/c1-8-15(9(2)19-18-8)25(22,23)16-6-14-17-11(7-24-14)10-3-4-12(20)13(21)5-10/h3-5,7,16,20-21H,6H2,1-2H3,(H,18,19). The van der Waals surface area contributed by atoms with Crippen molar-refractivity contribution in [1.29, 1.82) is 0 Å². The van der Waals surface area contributed by atoms with Crippen LogP contribution in [0.4, 0.5) is 0 Å². The molecule has 0 aliphatic heterocycles. The third-order valence-electron chi connectivity index (χ3n) is 3.57. The first-order chi connectivity index (χ1) is 11.8. The summed E-state index contributed by atoms with van der Waals surface area (Å²) < 4.78 is 27.3. The molecule has 25 heavy (non-hydrogen) atoms. The summed E-state index contributed by atoms with van der Waals surface area (Å²) >= 11 is 1.30. The number of aromatic nitrogens is 3. The number of H-pyrrole nitrogens is 1. The summed E-state index contributed by atoms with van der Waals surface area (Å²) in [5, 5.41) is 27.8. The Morgan fingerprint density at radius 3 is 2.64 bits per heavy atom. The first-order valence-electron chi connectivity index (χ1n) is 7.26. The number of phenolic OH excluding ortho intramolecular Hbond substituents is 2. The Balaban J connectivity index is 1.77. The second-order valence-electron chi connectivity index (χ2n) is 5.42. The molecular formula is C15H16N4O4S2. The lowest BCUT2D eigenvalue weighted by molar-refractivity contribution is 0.404. The quantitative estimate of drug-likeness (QED) is 0.502. The predicted octanol–water partition coefficient (Wildman–Crippen LogP) is 2.04. The van der Waals surface area contributed by atoms with Crippen LogP contribution in [-0.2, 0) is 16.6 Å². The Morgan fingerprint density at radius 2 is 2.00 bits per heavy atom. The normalized spacial score (nSPS) is 11.8. The maximum absolute atomic E-state index is 12.4. The third kappa shape index (κ3) is 3.50. The van der Waals surface area contributed by atoms with Crippen LogP contribution in [0.1, 0.15) is 16.4 Å². The van der Waals surface area contributed by atoms with Crippen LogP contribution in [0.2, 0.25) is 0 Å². The zero-order valence-electron chi connectivity index (χ0n) is 13.4. The van der Waals surface area contributed by atoms with Gasteiger partial charge in [0.2, 0.25) is 10.0 Å². The number of thiazole rings is 1.